The van der Waals surface area contributed by atoms with Crippen LogP contribution in [0.25, 0.3) is 0 Å². The summed E-state index contributed by atoms with van der Waals surface area (Å²) in [4.78, 5) is 19.2. The van der Waals surface area contributed by atoms with Gasteiger partial charge in [0.05, 0.1) is 16.8 Å². The fourth-order valence-electron chi connectivity index (χ4n) is 2.66. The minimum absolute atomic E-state index is 0.0267. The van der Waals surface area contributed by atoms with E-state index in [1.807, 2.05) is 0 Å². The number of benzene rings is 2. The average Bonchev–Trinajstić information content (AvgIpc) is 2.75. The first kappa shape index (κ1) is 18.5. The van der Waals surface area contributed by atoms with E-state index in [2.05, 4.69) is 15.0 Å². The standard InChI is InChI=1S/C17H12ClFN4O4/c1-27-21-17(23(25)26)15-9-22(24)16(11-4-2-3-5-13(11)19)12-8-10(18)6-7-14(12)20-15/h2-8H,9H2,1H3/b21-17+. The summed E-state index contributed by atoms with van der Waals surface area (Å²) in [6.45, 7) is -0.529. The molecule has 1 aliphatic rings. The van der Waals surface area contributed by atoms with E-state index in [1.54, 1.807) is 6.07 Å². The molecule has 0 amide bonds. The fourth-order valence-corrected chi connectivity index (χ4v) is 2.83. The Morgan fingerprint density at radius 2 is 2.07 bits per heavy atom. The topological polar surface area (TPSA) is 103 Å². The number of amidine groups is 1. The molecule has 3 rings (SSSR count). The van der Waals surface area contributed by atoms with Crippen LogP contribution in [0.2, 0.25) is 5.02 Å². The van der Waals surface area contributed by atoms with Gasteiger partial charge in [-0.1, -0.05) is 23.7 Å². The Bertz CT molecular complexity index is 1020. The third-order valence-electron chi connectivity index (χ3n) is 3.75. The van der Waals surface area contributed by atoms with Gasteiger partial charge in [0.25, 0.3) is 0 Å². The van der Waals surface area contributed by atoms with Crippen LogP contribution in [0.3, 0.4) is 0 Å². The molecule has 0 bridgehead atoms. The highest BCUT2D eigenvalue weighted by Crippen LogP contribution is 2.29. The molecule has 0 saturated heterocycles. The lowest BCUT2D eigenvalue weighted by Crippen LogP contribution is -2.31. The molecule has 0 radical (unpaired) electrons. The number of fused-ring (bicyclic) bond motifs is 1. The molecule has 0 aromatic heterocycles. The van der Waals surface area contributed by atoms with E-state index in [9.17, 15) is 19.7 Å². The van der Waals surface area contributed by atoms with Crippen LogP contribution in [0.5, 0.6) is 0 Å². The molecule has 2 aromatic carbocycles. The Kier molecular flexibility index (Phi) is 5.13. The molecule has 8 nitrogen and oxygen atoms in total. The predicted molar refractivity (Wildman–Crippen MR) is 98.1 cm³/mol. The first-order valence-electron chi connectivity index (χ1n) is 7.62. The summed E-state index contributed by atoms with van der Waals surface area (Å²) < 4.78 is 14.8. The zero-order valence-electron chi connectivity index (χ0n) is 13.9. The van der Waals surface area contributed by atoms with Gasteiger partial charge < -0.3 is 20.2 Å². The van der Waals surface area contributed by atoms with Gasteiger partial charge in [0.2, 0.25) is 18.0 Å². The van der Waals surface area contributed by atoms with Crippen molar-refractivity contribution in [2.75, 3.05) is 13.7 Å². The molecule has 0 spiro atoms. The van der Waals surface area contributed by atoms with Crippen molar-refractivity contribution in [1.29, 1.82) is 0 Å². The summed E-state index contributed by atoms with van der Waals surface area (Å²) in [5.74, 6) is -1.34. The molecule has 138 valence electrons. The van der Waals surface area contributed by atoms with Crippen LogP contribution in [-0.2, 0) is 4.84 Å². The second-order valence-corrected chi connectivity index (χ2v) is 5.88. The molecule has 1 aliphatic heterocycles. The molecule has 2 aromatic rings. The molecule has 0 atom stereocenters. The maximum absolute atomic E-state index is 14.4. The van der Waals surface area contributed by atoms with Crippen molar-refractivity contribution in [3.8, 4) is 0 Å². The Balaban J connectivity index is 2.29. The highest BCUT2D eigenvalue weighted by molar-refractivity contribution is 6.39. The Morgan fingerprint density at radius 1 is 1.33 bits per heavy atom. The van der Waals surface area contributed by atoms with Gasteiger partial charge in [-0.2, -0.15) is 4.74 Å². The Hall–Kier alpha value is -3.33. The quantitative estimate of drug-likeness (QED) is 0.200. The number of nitrogens with zero attached hydrogens (tertiary/aromatic N) is 4. The number of halogens is 2. The molecule has 1 heterocycles. The number of hydrogen-bond donors (Lipinski definition) is 0. The summed E-state index contributed by atoms with van der Waals surface area (Å²) in [6, 6.07) is 10.2. The van der Waals surface area contributed by atoms with Gasteiger partial charge >= 0.3 is 5.84 Å². The second-order valence-electron chi connectivity index (χ2n) is 5.44. The van der Waals surface area contributed by atoms with Gasteiger partial charge in [0.1, 0.15) is 12.9 Å². The smallest absolute Gasteiger partial charge is 0.437 e. The minimum atomic E-state index is -0.806. The van der Waals surface area contributed by atoms with Crippen LogP contribution in [-0.4, -0.2) is 40.6 Å². The van der Waals surface area contributed by atoms with Crippen molar-refractivity contribution in [3.05, 3.63) is 79.8 Å². The van der Waals surface area contributed by atoms with Crippen molar-refractivity contribution in [2.45, 2.75) is 0 Å². The molecule has 0 aliphatic carbocycles. The van der Waals surface area contributed by atoms with Gasteiger partial charge in [-0.3, -0.25) is 0 Å². The molecular weight excluding hydrogens is 379 g/mol. The summed E-state index contributed by atoms with van der Waals surface area (Å²) in [7, 11) is 1.14. The fraction of sp³-hybridized carbons (Fsp3) is 0.118. The lowest BCUT2D eigenvalue weighted by molar-refractivity contribution is -0.439. The minimum Gasteiger partial charge on any atom is -0.623 e. The van der Waals surface area contributed by atoms with E-state index in [0.29, 0.717) is 9.76 Å². The van der Waals surface area contributed by atoms with E-state index < -0.39 is 23.1 Å². The van der Waals surface area contributed by atoms with E-state index in [-0.39, 0.29) is 28.2 Å². The first-order valence-corrected chi connectivity index (χ1v) is 8.00. The number of aliphatic imine (C=N–C) groups is 1. The monoisotopic (exact) mass is 390 g/mol. The molecule has 27 heavy (non-hydrogen) atoms. The lowest BCUT2D eigenvalue weighted by atomic mass is 10.00. The molecule has 10 heteroatoms. The van der Waals surface area contributed by atoms with Crippen LogP contribution in [0.4, 0.5) is 10.1 Å². The lowest BCUT2D eigenvalue weighted by Gasteiger charge is -2.11. The number of hydrogen-bond acceptors (Lipinski definition) is 6. The summed E-state index contributed by atoms with van der Waals surface area (Å²) in [6.07, 6.45) is 0. The SMILES string of the molecule is CO/N=C(\C1=Nc2ccc(Cl)cc2C(c2ccccc2F)=[N+]([O-])C1)[N+](=O)[O-]. The third kappa shape index (κ3) is 3.63. The highest BCUT2D eigenvalue weighted by Gasteiger charge is 2.33. The second kappa shape index (κ2) is 7.50. The van der Waals surface area contributed by atoms with Crippen LogP contribution in [0, 0.1) is 21.1 Å². The molecule has 0 unspecified atom stereocenters. The van der Waals surface area contributed by atoms with Gasteiger partial charge in [0.15, 0.2) is 5.16 Å². The van der Waals surface area contributed by atoms with Crippen molar-refractivity contribution >= 4 is 34.5 Å². The molecule has 0 fully saturated rings. The van der Waals surface area contributed by atoms with E-state index in [0.717, 1.165) is 7.11 Å². The van der Waals surface area contributed by atoms with Crippen LogP contribution < -0.4 is 0 Å². The third-order valence-corrected chi connectivity index (χ3v) is 3.98. The number of nitro groups is 1. The predicted octanol–water partition coefficient (Wildman–Crippen LogP) is 3.15. The number of hydroxylamine groups is 1. The Labute approximate surface area is 157 Å². The van der Waals surface area contributed by atoms with Crippen molar-refractivity contribution < 1.29 is 18.9 Å². The van der Waals surface area contributed by atoms with Gasteiger partial charge in [0, 0.05) is 5.02 Å². The van der Waals surface area contributed by atoms with Gasteiger partial charge in [-0.25, -0.2) is 9.38 Å². The molecule has 0 N–H and O–H groups in total. The van der Waals surface area contributed by atoms with Crippen LogP contribution in [0.1, 0.15) is 11.1 Å². The van der Waals surface area contributed by atoms with Gasteiger partial charge in [-0.15, -0.1) is 0 Å². The van der Waals surface area contributed by atoms with E-state index >= 15 is 0 Å². The molecule has 0 saturated carbocycles. The zero-order chi connectivity index (χ0) is 19.6. The van der Waals surface area contributed by atoms with Crippen molar-refractivity contribution in [2.24, 2.45) is 10.1 Å². The maximum Gasteiger partial charge on any atom is 0.437 e. The molecular formula is C17H12ClFN4O4. The Morgan fingerprint density at radius 3 is 2.74 bits per heavy atom. The summed E-state index contributed by atoms with van der Waals surface area (Å²) in [5.41, 5.74) is 0.226. The first-order chi connectivity index (χ1) is 12.9. The number of rotatable bonds is 3. The maximum atomic E-state index is 14.4. The van der Waals surface area contributed by atoms with E-state index in [1.165, 1.54) is 36.4 Å². The highest BCUT2D eigenvalue weighted by atomic mass is 35.5. The average molecular weight is 391 g/mol. The van der Waals surface area contributed by atoms with Gasteiger partial charge in [-0.05, 0) is 35.3 Å². The largest absolute Gasteiger partial charge is 0.623 e. The van der Waals surface area contributed by atoms with Crippen molar-refractivity contribution in [1.82, 2.24) is 0 Å². The zero-order valence-corrected chi connectivity index (χ0v) is 14.7. The van der Waals surface area contributed by atoms with Crippen LogP contribution in [0.15, 0.2) is 52.6 Å². The summed E-state index contributed by atoms with van der Waals surface area (Å²) in [5, 5.41) is 27.8. The van der Waals surface area contributed by atoms with Crippen molar-refractivity contribution in [3.63, 3.8) is 0 Å². The van der Waals surface area contributed by atoms with E-state index in [4.69, 9.17) is 11.6 Å². The van der Waals surface area contributed by atoms with Crippen LogP contribution >= 0.6 is 11.6 Å². The summed E-state index contributed by atoms with van der Waals surface area (Å²) >= 11 is 6.04. The normalized spacial score (nSPS) is 14.3. The number of oxime groups is 1.